The van der Waals surface area contributed by atoms with E-state index in [1.807, 2.05) is 24.3 Å². The highest BCUT2D eigenvalue weighted by molar-refractivity contribution is 7.98. The van der Waals surface area contributed by atoms with Gasteiger partial charge in [-0.1, -0.05) is 41.6 Å². The van der Waals surface area contributed by atoms with Gasteiger partial charge in [0.15, 0.2) is 5.16 Å². The van der Waals surface area contributed by atoms with Gasteiger partial charge in [0.2, 0.25) is 0 Å². The Morgan fingerprint density at radius 3 is 2.95 bits per heavy atom. The molecule has 0 bridgehead atoms. The molecule has 0 spiro atoms. The fraction of sp³-hybridized carbons (Fsp3) is 0.231. The van der Waals surface area contributed by atoms with Gasteiger partial charge in [0.1, 0.15) is 0 Å². The van der Waals surface area contributed by atoms with Crippen LogP contribution in [0.2, 0.25) is 5.02 Å². The van der Waals surface area contributed by atoms with Gasteiger partial charge in [-0.15, -0.1) is 0 Å². The van der Waals surface area contributed by atoms with Crippen LogP contribution in [-0.4, -0.2) is 17.1 Å². The summed E-state index contributed by atoms with van der Waals surface area (Å²) < 4.78 is 4.97. The minimum absolute atomic E-state index is 0.177. The van der Waals surface area contributed by atoms with Gasteiger partial charge in [0.05, 0.1) is 12.3 Å². The van der Waals surface area contributed by atoms with Crippen LogP contribution in [0.1, 0.15) is 11.3 Å². The van der Waals surface area contributed by atoms with Crippen LogP contribution in [0.4, 0.5) is 0 Å². The van der Waals surface area contributed by atoms with E-state index in [1.165, 1.54) is 17.8 Å². The Kier molecular flexibility index (Phi) is 5.01. The van der Waals surface area contributed by atoms with Crippen LogP contribution in [0.3, 0.4) is 0 Å². The summed E-state index contributed by atoms with van der Waals surface area (Å²) in [4.78, 5) is 18.5. The van der Waals surface area contributed by atoms with E-state index in [0.29, 0.717) is 28.2 Å². The maximum absolute atomic E-state index is 11.5. The highest BCUT2D eigenvalue weighted by Gasteiger charge is 2.04. The topological polar surface area (TPSA) is 55.0 Å². The summed E-state index contributed by atoms with van der Waals surface area (Å²) in [7, 11) is 1.57. The number of nitrogens with one attached hydrogen (secondary N) is 1. The summed E-state index contributed by atoms with van der Waals surface area (Å²) in [5, 5.41) is 1.28. The largest absolute Gasteiger partial charge is 0.378 e. The van der Waals surface area contributed by atoms with E-state index < -0.39 is 0 Å². The standard InChI is InChI=1S/C13H13ClN2O2S/c1-18-7-10-6-12(17)16-13(15-10)19-8-9-4-2-3-5-11(9)14/h2-6H,7-8H2,1H3,(H,15,16,17). The van der Waals surface area contributed by atoms with Gasteiger partial charge in [0, 0.05) is 24.0 Å². The molecule has 1 aromatic carbocycles. The number of halogens is 1. The van der Waals surface area contributed by atoms with Crippen molar-refractivity contribution in [2.24, 2.45) is 0 Å². The first-order chi connectivity index (χ1) is 9.19. The second-order valence-electron chi connectivity index (χ2n) is 3.85. The molecule has 0 aliphatic carbocycles. The van der Waals surface area contributed by atoms with Crippen molar-refractivity contribution in [3.05, 3.63) is 57.0 Å². The van der Waals surface area contributed by atoms with Crippen molar-refractivity contribution in [2.75, 3.05) is 7.11 Å². The molecule has 6 heteroatoms. The molecular formula is C13H13ClN2O2S. The van der Waals surface area contributed by atoms with Gasteiger partial charge in [-0.2, -0.15) is 0 Å². The minimum Gasteiger partial charge on any atom is -0.378 e. The Morgan fingerprint density at radius 2 is 2.21 bits per heavy atom. The van der Waals surface area contributed by atoms with Crippen LogP contribution < -0.4 is 5.56 Å². The lowest BCUT2D eigenvalue weighted by molar-refractivity contribution is 0.180. The monoisotopic (exact) mass is 296 g/mol. The van der Waals surface area contributed by atoms with Crippen molar-refractivity contribution < 1.29 is 4.74 Å². The third kappa shape index (κ3) is 4.09. The highest BCUT2D eigenvalue weighted by Crippen LogP contribution is 2.23. The van der Waals surface area contributed by atoms with E-state index in [-0.39, 0.29) is 5.56 Å². The fourth-order valence-electron chi connectivity index (χ4n) is 1.54. The second-order valence-corrected chi connectivity index (χ2v) is 5.23. The van der Waals surface area contributed by atoms with E-state index in [0.717, 1.165) is 5.56 Å². The number of hydrogen-bond acceptors (Lipinski definition) is 4. The predicted molar refractivity (Wildman–Crippen MR) is 76.6 cm³/mol. The summed E-state index contributed by atoms with van der Waals surface area (Å²) in [5.41, 5.74) is 1.45. The summed E-state index contributed by atoms with van der Waals surface area (Å²) >= 11 is 7.51. The first kappa shape index (κ1) is 14.1. The van der Waals surface area contributed by atoms with Gasteiger partial charge in [-0.25, -0.2) is 4.98 Å². The maximum Gasteiger partial charge on any atom is 0.251 e. The first-order valence-electron chi connectivity index (χ1n) is 5.64. The number of H-pyrrole nitrogens is 1. The van der Waals surface area contributed by atoms with Crippen molar-refractivity contribution in [2.45, 2.75) is 17.5 Å². The summed E-state index contributed by atoms with van der Waals surface area (Å²) in [6, 6.07) is 9.04. The molecule has 0 fully saturated rings. The molecule has 1 N–H and O–H groups in total. The van der Waals surface area contributed by atoms with Gasteiger partial charge < -0.3 is 9.72 Å². The number of nitrogens with zero attached hydrogens (tertiary/aromatic N) is 1. The van der Waals surface area contributed by atoms with Crippen LogP contribution in [0.15, 0.2) is 40.3 Å². The molecule has 2 rings (SSSR count). The fourth-order valence-corrected chi connectivity index (χ4v) is 2.72. The number of rotatable bonds is 5. The van der Waals surface area contributed by atoms with Crippen LogP contribution >= 0.6 is 23.4 Å². The first-order valence-corrected chi connectivity index (χ1v) is 7.01. The Labute approximate surface area is 120 Å². The highest BCUT2D eigenvalue weighted by atomic mass is 35.5. The molecule has 2 aromatic rings. The van der Waals surface area contributed by atoms with E-state index in [4.69, 9.17) is 16.3 Å². The van der Waals surface area contributed by atoms with Crippen LogP contribution in [0.25, 0.3) is 0 Å². The number of aromatic amines is 1. The Hall–Kier alpha value is -1.30. The van der Waals surface area contributed by atoms with E-state index in [2.05, 4.69) is 9.97 Å². The lowest BCUT2D eigenvalue weighted by Gasteiger charge is -2.05. The number of benzene rings is 1. The Balaban J connectivity index is 2.11. The lowest BCUT2D eigenvalue weighted by Crippen LogP contribution is -2.10. The molecule has 0 atom stereocenters. The predicted octanol–water partition coefficient (Wildman–Crippen LogP) is 2.86. The number of ether oxygens (including phenoxy) is 1. The second kappa shape index (κ2) is 6.75. The molecule has 0 radical (unpaired) electrons. The maximum atomic E-state index is 11.5. The van der Waals surface area contributed by atoms with Crippen molar-refractivity contribution in [3.63, 3.8) is 0 Å². The summed E-state index contributed by atoms with van der Waals surface area (Å²) in [5.74, 6) is 0.652. The SMILES string of the molecule is COCc1cc(=O)[nH]c(SCc2ccccc2Cl)n1. The average molecular weight is 297 g/mol. The molecule has 1 heterocycles. The summed E-state index contributed by atoms with van der Waals surface area (Å²) in [6.07, 6.45) is 0. The van der Waals surface area contributed by atoms with Gasteiger partial charge in [-0.3, -0.25) is 4.79 Å². The minimum atomic E-state index is -0.177. The van der Waals surface area contributed by atoms with Gasteiger partial charge in [0.25, 0.3) is 5.56 Å². The summed E-state index contributed by atoms with van der Waals surface area (Å²) in [6.45, 7) is 0.323. The quantitative estimate of drug-likeness (QED) is 0.681. The number of methoxy groups -OCH3 is 1. The zero-order valence-electron chi connectivity index (χ0n) is 10.4. The average Bonchev–Trinajstić information content (AvgIpc) is 2.37. The molecule has 0 amide bonds. The molecule has 1 aromatic heterocycles. The van der Waals surface area contributed by atoms with Crippen LogP contribution in [0.5, 0.6) is 0 Å². The van der Waals surface area contributed by atoms with E-state index in [1.54, 1.807) is 7.11 Å². The van der Waals surface area contributed by atoms with E-state index >= 15 is 0 Å². The molecule has 0 aliphatic heterocycles. The smallest absolute Gasteiger partial charge is 0.251 e. The zero-order chi connectivity index (χ0) is 13.7. The Bertz CT molecular complexity index is 616. The molecule has 0 saturated heterocycles. The zero-order valence-corrected chi connectivity index (χ0v) is 11.9. The van der Waals surface area contributed by atoms with Crippen molar-refractivity contribution in [1.29, 1.82) is 0 Å². The molecule has 0 aliphatic rings. The van der Waals surface area contributed by atoms with Crippen molar-refractivity contribution in [1.82, 2.24) is 9.97 Å². The van der Waals surface area contributed by atoms with Gasteiger partial charge in [-0.05, 0) is 11.6 Å². The number of hydrogen-bond donors (Lipinski definition) is 1. The van der Waals surface area contributed by atoms with Gasteiger partial charge >= 0.3 is 0 Å². The molecule has 0 unspecified atom stereocenters. The molecule has 19 heavy (non-hydrogen) atoms. The lowest BCUT2D eigenvalue weighted by atomic mass is 10.2. The van der Waals surface area contributed by atoms with E-state index in [9.17, 15) is 4.79 Å². The third-order valence-electron chi connectivity index (χ3n) is 2.39. The van der Waals surface area contributed by atoms with Crippen LogP contribution in [-0.2, 0) is 17.1 Å². The molecule has 0 saturated carbocycles. The molecule has 4 nitrogen and oxygen atoms in total. The van der Waals surface area contributed by atoms with Crippen molar-refractivity contribution in [3.8, 4) is 0 Å². The molecule has 100 valence electrons. The molecular weight excluding hydrogens is 284 g/mol. The van der Waals surface area contributed by atoms with Crippen LogP contribution in [0, 0.1) is 0 Å². The third-order valence-corrected chi connectivity index (χ3v) is 3.68. The normalized spacial score (nSPS) is 10.6. The Morgan fingerprint density at radius 1 is 1.42 bits per heavy atom. The number of aromatic nitrogens is 2. The van der Waals surface area contributed by atoms with Crippen molar-refractivity contribution >= 4 is 23.4 Å². The number of thioether (sulfide) groups is 1.